The molecule has 0 heterocycles. The minimum absolute atomic E-state index is 0.138. The molecule has 8 aliphatic carbocycles. The van der Waals surface area contributed by atoms with Crippen LogP contribution in [-0.2, 0) is 28.4 Å². The Hall–Kier alpha value is -1.80. The molecule has 0 spiro atoms. The van der Waals surface area contributed by atoms with Crippen molar-refractivity contribution in [1.29, 1.82) is 0 Å². The van der Waals surface area contributed by atoms with E-state index in [0.717, 1.165) is 77.0 Å². The third kappa shape index (κ3) is 5.18. The molecule has 44 heavy (non-hydrogen) atoms. The zero-order chi connectivity index (χ0) is 31.2. The highest BCUT2D eigenvalue weighted by Gasteiger charge is 2.80. The average molecular weight is 607 g/mol. The molecular weight excluding hydrogens is 552 g/mol. The normalized spacial score (nSPS) is 46.1. The third-order valence-corrected chi connectivity index (χ3v) is 12.0. The highest BCUT2D eigenvalue weighted by atomic mass is 16.5. The van der Waals surface area contributed by atoms with Crippen molar-refractivity contribution in [2.24, 2.45) is 10.8 Å². The zero-order valence-electron chi connectivity index (χ0n) is 26.9. The van der Waals surface area contributed by atoms with E-state index in [4.69, 9.17) is 28.4 Å². The molecule has 0 atom stereocenters. The van der Waals surface area contributed by atoms with Crippen LogP contribution >= 0.6 is 0 Å². The topological polar surface area (TPSA) is 55.4 Å². The van der Waals surface area contributed by atoms with Crippen LogP contribution in [0.25, 0.3) is 0 Å². The van der Waals surface area contributed by atoms with Crippen molar-refractivity contribution in [3.8, 4) is 0 Å². The summed E-state index contributed by atoms with van der Waals surface area (Å²) >= 11 is 0. The standard InChI is InChI=1S/C38H54O6/c1-7-13-39-33-19-31(20-34(25-33,40-14-8-2)27-35(21-31,26-33)41-15-9-3)32-22-36(42-16-10-4)28-37(23-32,43-17-11-5)30-38(24-32,29-36)44-18-12-6/h7-12H,1-6,13-30H2. The van der Waals surface area contributed by atoms with Crippen molar-refractivity contribution in [2.45, 2.75) is 111 Å². The Labute approximate surface area is 265 Å². The van der Waals surface area contributed by atoms with Gasteiger partial charge in [0.25, 0.3) is 0 Å². The molecule has 8 bridgehead atoms. The fourth-order valence-corrected chi connectivity index (χ4v) is 12.2. The molecule has 8 rings (SSSR count). The van der Waals surface area contributed by atoms with Crippen LogP contribution in [0.4, 0.5) is 0 Å². The summed E-state index contributed by atoms with van der Waals surface area (Å²) in [5.74, 6) is 0. The largest absolute Gasteiger partial charge is 0.371 e. The fourth-order valence-electron chi connectivity index (χ4n) is 12.2. The van der Waals surface area contributed by atoms with Gasteiger partial charge in [-0.2, -0.15) is 0 Å². The molecule has 242 valence electrons. The van der Waals surface area contributed by atoms with Crippen LogP contribution in [0.15, 0.2) is 75.9 Å². The van der Waals surface area contributed by atoms with E-state index in [2.05, 4.69) is 39.5 Å². The van der Waals surface area contributed by atoms with Gasteiger partial charge in [-0.3, -0.25) is 0 Å². The Kier molecular flexibility index (Phi) is 8.38. The highest BCUT2D eigenvalue weighted by molar-refractivity contribution is 5.31. The first-order valence-corrected chi connectivity index (χ1v) is 16.6. The molecule has 6 nitrogen and oxygen atoms in total. The number of hydrogen-bond donors (Lipinski definition) is 0. The van der Waals surface area contributed by atoms with E-state index in [1.165, 1.54) is 0 Å². The third-order valence-electron chi connectivity index (χ3n) is 12.0. The lowest BCUT2D eigenvalue weighted by molar-refractivity contribution is -0.375. The van der Waals surface area contributed by atoms with Gasteiger partial charge in [0.15, 0.2) is 0 Å². The minimum atomic E-state index is -0.381. The van der Waals surface area contributed by atoms with Gasteiger partial charge in [-0.15, -0.1) is 39.5 Å². The van der Waals surface area contributed by atoms with Crippen LogP contribution in [-0.4, -0.2) is 73.2 Å². The van der Waals surface area contributed by atoms with Crippen molar-refractivity contribution in [2.75, 3.05) is 39.6 Å². The lowest BCUT2D eigenvalue weighted by Crippen LogP contribution is -2.79. The molecule has 0 amide bonds. The lowest BCUT2D eigenvalue weighted by Gasteiger charge is -2.78. The zero-order valence-corrected chi connectivity index (χ0v) is 26.9. The Morgan fingerprint density at radius 1 is 0.295 bits per heavy atom. The van der Waals surface area contributed by atoms with Gasteiger partial charge in [0.05, 0.1) is 73.2 Å². The minimum Gasteiger partial charge on any atom is -0.371 e. The summed E-state index contributed by atoms with van der Waals surface area (Å²) < 4.78 is 41.4. The van der Waals surface area contributed by atoms with Crippen molar-refractivity contribution in [1.82, 2.24) is 0 Å². The average Bonchev–Trinajstić information content (AvgIpc) is 2.98. The summed E-state index contributed by atoms with van der Waals surface area (Å²) in [6.45, 7) is 27.1. The van der Waals surface area contributed by atoms with Gasteiger partial charge in [0.2, 0.25) is 0 Å². The molecule has 8 saturated carbocycles. The van der Waals surface area contributed by atoms with Crippen LogP contribution in [0.3, 0.4) is 0 Å². The van der Waals surface area contributed by atoms with Crippen LogP contribution in [0.5, 0.6) is 0 Å². The van der Waals surface area contributed by atoms with Crippen LogP contribution < -0.4 is 0 Å². The molecule has 0 unspecified atom stereocenters. The van der Waals surface area contributed by atoms with E-state index < -0.39 is 0 Å². The van der Waals surface area contributed by atoms with E-state index in [0.29, 0.717) is 39.6 Å². The predicted octanol–water partition coefficient (Wildman–Crippen LogP) is 7.37. The molecule has 0 aromatic carbocycles. The second kappa shape index (κ2) is 11.5. The summed E-state index contributed by atoms with van der Waals surface area (Å²) in [6, 6.07) is 0. The van der Waals surface area contributed by atoms with Crippen molar-refractivity contribution < 1.29 is 28.4 Å². The number of ether oxygens (including phenoxy) is 6. The first kappa shape index (κ1) is 32.2. The van der Waals surface area contributed by atoms with E-state index in [1.54, 1.807) is 0 Å². The Morgan fingerprint density at radius 3 is 0.591 bits per heavy atom. The second-order valence-corrected chi connectivity index (χ2v) is 15.4. The van der Waals surface area contributed by atoms with Gasteiger partial charge < -0.3 is 28.4 Å². The Bertz CT molecular complexity index is 925. The first-order chi connectivity index (χ1) is 21.1. The van der Waals surface area contributed by atoms with Gasteiger partial charge in [0, 0.05) is 38.5 Å². The van der Waals surface area contributed by atoms with Gasteiger partial charge in [-0.05, 0) is 49.4 Å². The van der Waals surface area contributed by atoms with Crippen molar-refractivity contribution >= 4 is 0 Å². The smallest absolute Gasteiger partial charge is 0.0747 e. The summed E-state index contributed by atoms with van der Waals surface area (Å²) in [5, 5.41) is 0. The number of hydrogen-bond acceptors (Lipinski definition) is 6. The molecule has 0 aromatic heterocycles. The molecule has 0 aliphatic heterocycles. The van der Waals surface area contributed by atoms with E-state index in [-0.39, 0.29) is 44.4 Å². The Balaban J connectivity index is 1.53. The van der Waals surface area contributed by atoms with E-state index >= 15 is 0 Å². The van der Waals surface area contributed by atoms with Gasteiger partial charge in [-0.25, -0.2) is 0 Å². The monoisotopic (exact) mass is 606 g/mol. The lowest BCUT2D eigenvalue weighted by atomic mass is 9.31. The van der Waals surface area contributed by atoms with Crippen molar-refractivity contribution in [3.05, 3.63) is 75.9 Å². The summed E-state index contributed by atoms with van der Waals surface area (Å²) in [7, 11) is 0. The second-order valence-electron chi connectivity index (χ2n) is 15.4. The maximum absolute atomic E-state index is 6.90. The van der Waals surface area contributed by atoms with Crippen molar-refractivity contribution in [3.63, 3.8) is 0 Å². The van der Waals surface area contributed by atoms with Crippen LogP contribution in [0.1, 0.15) is 77.0 Å². The fraction of sp³-hybridized carbons (Fsp3) is 0.684. The van der Waals surface area contributed by atoms with Crippen LogP contribution in [0.2, 0.25) is 0 Å². The van der Waals surface area contributed by atoms with E-state index in [1.807, 2.05) is 36.5 Å². The summed E-state index contributed by atoms with van der Waals surface area (Å²) in [5.41, 5.74) is -2.56. The molecule has 0 saturated heterocycles. The molecule has 0 radical (unpaired) electrons. The molecular formula is C38H54O6. The molecule has 0 aromatic rings. The first-order valence-electron chi connectivity index (χ1n) is 16.6. The van der Waals surface area contributed by atoms with Crippen LogP contribution in [0, 0.1) is 10.8 Å². The summed E-state index contributed by atoms with van der Waals surface area (Å²) in [4.78, 5) is 0. The summed E-state index contributed by atoms with van der Waals surface area (Å²) in [6.07, 6.45) is 22.1. The molecule has 8 fully saturated rings. The van der Waals surface area contributed by atoms with Gasteiger partial charge in [0.1, 0.15) is 0 Å². The maximum Gasteiger partial charge on any atom is 0.0747 e. The Morgan fingerprint density at radius 2 is 0.455 bits per heavy atom. The quantitative estimate of drug-likeness (QED) is 0.143. The highest BCUT2D eigenvalue weighted by Crippen LogP contribution is 2.80. The SMILES string of the molecule is C=CCOC12CC3(OCC=C)CC(OCC=C)(C1)CC(C14CC5(OCC=C)CC(OCC=C)(CC(OCC=C)(C5)C1)C4)(C2)C3. The molecule has 0 N–H and O–H groups in total. The maximum atomic E-state index is 6.90. The number of rotatable bonds is 19. The van der Waals surface area contributed by atoms with E-state index in [9.17, 15) is 0 Å². The molecule has 6 heteroatoms. The molecule has 8 aliphatic rings. The predicted molar refractivity (Wildman–Crippen MR) is 174 cm³/mol. The van der Waals surface area contributed by atoms with Gasteiger partial charge >= 0.3 is 0 Å². The van der Waals surface area contributed by atoms with Gasteiger partial charge in [-0.1, -0.05) is 36.5 Å².